The summed E-state index contributed by atoms with van der Waals surface area (Å²) in [6.07, 6.45) is 0. The van der Waals surface area contributed by atoms with E-state index in [9.17, 15) is 4.39 Å². The largest absolute Gasteiger partial charge is 0.489 e. The van der Waals surface area contributed by atoms with Gasteiger partial charge in [0.1, 0.15) is 5.82 Å². The van der Waals surface area contributed by atoms with E-state index in [-0.39, 0.29) is 5.46 Å². The summed E-state index contributed by atoms with van der Waals surface area (Å²) in [6.45, 7) is 1.68. The smallest absolute Gasteiger partial charge is 0.423 e. The topological polar surface area (TPSA) is 40.5 Å². The first-order chi connectivity index (χ1) is 6.61. The maximum Gasteiger partial charge on any atom is 0.489 e. The SMILES string of the molecule is Cc1c(F)cc(B(O)O)c2ccsc12. The standard InChI is InChI=1S/C9H8BFO2S/c1-5-8(11)4-7(10(12)13)6-2-3-14-9(5)6/h2-4,12-13H,1H3. The van der Waals surface area contributed by atoms with Crippen molar-refractivity contribution < 1.29 is 14.4 Å². The van der Waals surface area contributed by atoms with Crippen LogP contribution in [-0.2, 0) is 0 Å². The van der Waals surface area contributed by atoms with E-state index in [1.165, 1.54) is 17.4 Å². The van der Waals surface area contributed by atoms with Crippen LogP contribution >= 0.6 is 11.3 Å². The van der Waals surface area contributed by atoms with Crippen LogP contribution in [0.15, 0.2) is 17.5 Å². The highest BCUT2D eigenvalue weighted by molar-refractivity contribution is 7.17. The molecule has 1 heterocycles. The first-order valence-corrected chi connectivity index (χ1v) is 5.01. The molecule has 2 nitrogen and oxygen atoms in total. The van der Waals surface area contributed by atoms with Crippen molar-refractivity contribution >= 4 is 34.0 Å². The van der Waals surface area contributed by atoms with Gasteiger partial charge in [-0.25, -0.2) is 4.39 Å². The number of aryl methyl sites for hydroxylation is 1. The minimum absolute atomic E-state index is 0.226. The summed E-state index contributed by atoms with van der Waals surface area (Å²) in [4.78, 5) is 0. The van der Waals surface area contributed by atoms with Crippen molar-refractivity contribution in [1.82, 2.24) is 0 Å². The molecular formula is C9H8BFO2S. The molecular weight excluding hydrogens is 202 g/mol. The van der Waals surface area contributed by atoms with Crippen molar-refractivity contribution in [3.63, 3.8) is 0 Å². The zero-order valence-electron chi connectivity index (χ0n) is 7.49. The molecule has 0 saturated carbocycles. The Morgan fingerprint density at radius 1 is 1.43 bits per heavy atom. The van der Waals surface area contributed by atoms with Gasteiger partial charge in [0.05, 0.1) is 0 Å². The third-order valence-electron chi connectivity index (χ3n) is 2.24. The molecule has 2 aromatic rings. The fourth-order valence-corrected chi connectivity index (χ4v) is 2.40. The van der Waals surface area contributed by atoms with Crippen molar-refractivity contribution in [2.24, 2.45) is 0 Å². The zero-order chi connectivity index (χ0) is 10.3. The van der Waals surface area contributed by atoms with E-state index in [1.54, 1.807) is 13.0 Å². The van der Waals surface area contributed by atoms with E-state index in [0.29, 0.717) is 10.9 Å². The lowest BCUT2D eigenvalue weighted by molar-refractivity contribution is 0.426. The van der Waals surface area contributed by atoms with Crippen LogP contribution in [-0.4, -0.2) is 17.2 Å². The van der Waals surface area contributed by atoms with Crippen LogP contribution in [0.25, 0.3) is 10.1 Å². The highest BCUT2D eigenvalue weighted by atomic mass is 32.1. The van der Waals surface area contributed by atoms with E-state index >= 15 is 0 Å². The quantitative estimate of drug-likeness (QED) is 0.690. The summed E-state index contributed by atoms with van der Waals surface area (Å²) in [7, 11) is -1.62. The van der Waals surface area contributed by atoms with Gasteiger partial charge in [-0.05, 0) is 35.3 Å². The molecule has 0 aliphatic carbocycles. The lowest BCUT2D eigenvalue weighted by Crippen LogP contribution is -2.30. The van der Waals surface area contributed by atoms with Gasteiger partial charge in [0.25, 0.3) is 0 Å². The second kappa shape index (κ2) is 3.35. The Morgan fingerprint density at radius 3 is 2.79 bits per heavy atom. The summed E-state index contributed by atoms with van der Waals surface area (Å²) >= 11 is 1.40. The Bertz CT molecular complexity index is 481. The molecule has 1 aromatic heterocycles. The highest BCUT2D eigenvalue weighted by Gasteiger charge is 2.18. The number of hydrogen-bond acceptors (Lipinski definition) is 3. The molecule has 0 spiro atoms. The molecule has 2 N–H and O–H groups in total. The molecule has 0 bridgehead atoms. The Morgan fingerprint density at radius 2 is 2.14 bits per heavy atom. The molecule has 0 unspecified atom stereocenters. The Hall–Kier alpha value is -0.905. The van der Waals surface area contributed by atoms with E-state index in [0.717, 1.165) is 4.70 Å². The molecule has 5 heteroatoms. The fourth-order valence-electron chi connectivity index (χ4n) is 1.47. The molecule has 0 atom stereocenters. The summed E-state index contributed by atoms with van der Waals surface area (Å²) < 4.78 is 14.1. The lowest BCUT2D eigenvalue weighted by atomic mass is 9.77. The van der Waals surface area contributed by atoms with E-state index in [2.05, 4.69) is 0 Å². The number of fused-ring (bicyclic) bond motifs is 1. The Balaban J connectivity index is 2.84. The van der Waals surface area contributed by atoms with Crippen LogP contribution in [0.5, 0.6) is 0 Å². The van der Waals surface area contributed by atoms with E-state index in [4.69, 9.17) is 10.0 Å². The van der Waals surface area contributed by atoms with Gasteiger partial charge in [-0.2, -0.15) is 0 Å². The van der Waals surface area contributed by atoms with Gasteiger partial charge in [-0.1, -0.05) is 0 Å². The fraction of sp³-hybridized carbons (Fsp3) is 0.111. The maximum atomic E-state index is 13.3. The van der Waals surface area contributed by atoms with Crippen molar-refractivity contribution in [2.75, 3.05) is 0 Å². The average molecular weight is 210 g/mol. The normalized spacial score (nSPS) is 10.9. The predicted molar refractivity (Wildman–Crippen MR) is 56.3 cm³/mol. The molecule has 0 aliphatic rings. The minimum atomic E-state index is -1.62. The van der Waals surface area contributed by atoms with Crippen LogP contribution in [0.1, 0.15) is 5.56 Å². The zero-order valence-corrected chi connectivity index (χ0v) is 8.31. The van der Waals surface area contributed by atoms with Gasteiger partial charge in [0, 0.05) is 10.3 Å². The number of benzene rings is 1. The van der Waals surface area contributed by atoms with Gasteiger partial charge >= 0.3 is 7.12 Å². The number of rotatable bonds is 1. The van der Waals surface area contributed by atoms with Gasteiger partial charge in [-0.15, -0.1) is 11.3 Å². The number of thiophene rings is 1. The number of halogens is 1. The Kier molecular flexibility index (Phi) is 2.30. The molecule has 72 valence electrons. The molecule has 14 heavy (non-hydrogen) atoms. The molecule has 1 aromatic carbocycles. The van der Waals surface area contributed by atoms with Gasteiger partial charge in [0.2, 0.25) is 0 Å². The van der Waals surface area contributed by atoms with Gasteiger partial charge < -0.3 is 10.0 Å². The van der Waals surface area contributed by atoms with Crippen molar-refractivity contribution in [1.29, 1.82) is 0 Å². The van der Waals surface area contributed by atoms with Gasteiger partial charge in [-0.3, -0.25) is 0 Å². The molecule has 0 aliphatic heterocycles. The van der Waals surface area contributed by atoms with Crippen LogP contribution in [0.3, 0.4) is 0 Å². The first-order valence-electron chi connectivity index (χ1n) is 4.13. The second-order valence-electron chi connectivity index (χ2n) is 3.11. The summed E-state index contributed by atoms with van der Waals surface area (Å²) in [5.74, 6) is -0.400. The molecule has 0 amide bonds. The number of hydrogen-bond donors (Lipinski definition) is 2. The summed E-state index contributed by atoms with van der Waals surface area (Å²) in [5.41, 5.74) is 0.781. The van der Waals surface area contributed by atoms with E-state index in [1.807, 2.05) is 5.38 Å². The predicted octanol–water partition coefficient (Wildman–Crippen LogP) is 1.03. The molecule has 0 saturated heterocycles. The van der Waals surface area contributed by atoms with Crippen molar-refractivity contribution in [2.45, 2.75) is 6.92 Å². The molecule has 0 radical (unpaired) electrons. The van der Waals surface area contributed by atoms with Crippen LogP contribution < -0.4 is 5.46 Å². The molecule has 2 rings (SSSR count). The monoisotopic (exact) mass is 210 g/mol. The average Bonchev–Trinajstić information content (AvgIpc) is 2.59. The molecule has 0 fully saturated rings. The Labute approximate surface area is 84.8 Å². The third kappa shape index (κ3) is 1.34. The van der Waals surface area contributed by atoms with Crippen LogP contribution in [0.4, 0.5) is 4.39 Å². The van der Waals surface area contributed by atoms with Gasteiger partial charge in [0.15, 0.2) is 0 Å². The highest BCUT2D eigenvalue weighted by Crippen LogP contribution is 2.24. The van der Waals surface area contributed by atoms with E-state index < -0.39 is 12.9 Å². The van der Waals surface area contributed by atoms with Crippen LogP contribution in [0.2, 0.25) is 0 Å². The summed E-state index contributed by atoms with van der Waals surface area (Å²) in [5, 5.41) is 20.6. The third-order valence-corrected chi connectivity index (χ3v) is 3.27. The minimum Gasteiger partial charge on any atom is -0.423 e. The van der Waals surface area contributed by atoms with Crippen molar-refractivity contribution in [3.8, 4) is 0 Å². The second-order valence-corrected chi connectivity index (χ2v) is 4.03. The first kappa shape index (κ1) is 9.64. The lowest BCUT2D eigenvalue weighted by Gasteiger charge is -2.05. The maximum absolute atomic E-state index is 13.3. The summed E-state index contributed by atoms with van der Waals surface area (Å²) in [6, 6.07) is 2.94. The van der Waals surface area contributed by atoms with Crippen LogP contribution in [0, 0.1) is 12.7 Å². The van der Waals surface area contributed by atoms with Crippen molar-refractivity contribution in [3.05, 3.63) is 28.9 Å².